The lowest BCUT2D eigenvalue weighted by atomic mass is 10.1. The van der Waals surface area contributed by atoms with Crippen LogP contribution in [0.25, 0.3) is 6.08 Å². The van der Waals surface area contributed by atoms with Crippen molar-refractivity contribution in [1.82, 2.24) is 9.47 Å². The SMILES string of the molecule is C=CC[N+]1(c2ccncc2F)C(N)=Cc2ccccc21. The van der Waals surface area contributed by atoms with Crippen molar-refractivity contribution in [3.8, 4) is 0 Å². The van der Waals surface area contributed by atoms with E-state index in [2.05, 4.69) is 11.6 Å². The van der Waals surface area contributed by atoms with Gasteiger partial charge in [0.05, 0.1) is 6.20 Å². The van der Waals surface area contributed by atoms with Gasteiger partial charge in [-0.15, -0.1) is 0 Å². The van der Waals surface area contributed by atoms with E-state index in [-0.39, 0.29) is 10.3 Å². The molecule has 100 valence electrons. The van der Waals surface area contributed by atoms with Gasteiger partial charge >= 0.3 is 0 Å². The van der Waals surface area contributed by atoms with Crippen LogP contribution in [-0.2, 0) is 0 Å². The molecule has 1 atom stereocenters. The molecule has 2 aromatic rings. The second kappa shape index (κ2) is 4.58. The molecule has 1 aromatic carbocycles. The lowest BCUT2D eigenvalue weighted by Gasteiger charge is -2.33. The Labute approximate surface area is 117 Å². The van der Waals surface area contributed by atoms with Crippen molar-refractivity contribution < 1.29 is 4.39 Å². The summed E-state index contributed by atoms with van der Waals surface area (Å²) in [5, 5.41) is 0. The summed E-state index contributed by atoms with van der Waals surface area (Å²) in [4.78, 5) is 3.82. The minimum atomic E-state index is -0.373. The van der Waals surface area contributed by atoms with Crippen LogP contribution in [0.2, 0.25) is 0 Å². The van der Waals surface area contributed by atoms with Crippen LogP contribution in [0.5, 0.6) is 0 Å². The van der Waals surface area contributed by atoms with Crippen molar-refractivity contribution in [3.63, 3.8) is 0 Å². The van der Waals surface area contributed by atoms with E-state index in [9.17, 15) is 4.39 Å². The first-order valence-electron chi connectivity index (χ1n) is 6.36. The fraction of sp³-hybridized carbons (Fsp3) is 0.0625. The highest BCUT2D eigenvalue weighted by Crippen LogP contribution is 2.46. The average Bonchev–Trinajstić information content (AvgIpc) is 2.73. The molecule has 1 unspecified atom stereocenters. The third-order valence-corrected chi connectivity index (χ3v) is 3.66. The van der Waals surface area contributed by atoms with E-state index in [1.54, 1.807) is 18.3 Å². The zero-order valence-electron chi connectivity index (χ0n) is 11.0. The zero-order chi connectivity index (χ0) is 14.2. The van der Waals surface area contributed by atoms with Crippen molar-refractivity contribution in [2.75, 3.05) is 6.54 Å². The first-order valence-corrected chi connectivity index (χ1v) is 6.36. The normalized spacial score (nSPS) is 20.4. The maximum Gasteiger partial charge on any atom is 0.210 e. The van der Waals surface area contributed by atoms with Crippen molar-refractivity contribution in [2.45, 2.75) is 0 Å². The quantitative estimate of drug-likeness (QED) is 0.685. The van der Waals surface area contributed by atoms with E-state index < -0.39 is 0 Å². The van der Waals surface area contributed by atoms with Crippen LogP contribution in [-0.4, -0.2) is 11.5 Å². The van der Waals surface area contributed by atoms with E-state index in [0.29, 0.717) is 18.1 Å². The second-order valence-corrected chi connectivity index (χ2v) is 4.74. The number of nitrogens with zero attached hydrogens (tertiary/aromatic N) is 2. The first-order chi connectivity index (χ1) is 9.70. The van der Waals surface area contributed by atoms with Crippen LogP contribution < -0.4 is 10.2 Å². The number of rotatable bonds is 3. The Morgan fingerprint density at radius 1 is 1.25 bits per heavy atom. The van der Waals surface area contributed by atoms with Crippen molar-refractivity contribution in [1.29, 1.82) is 0 Å². The third kappa shape index (κ3) is 1.58. The van der Waals surface area contributed by atoms with E-state index in [1.165, 1.54) is 6.20 Å². The van der Waals surface area contributed by atoms with Crippen LogP contribution in [0, 0.1) is 5.82 Å². The number of nitrogens with two attached hydrogens (primary N) is 1. The number of aromatic nitrogens is 1. The molecule has 0 saturated heterocycles. The molecule has 1 aliphatic rings. The number of quaternary nitrogens is 1. The van der Waals surface area contributed by atoms with Crippen LogP contribution in [0.1, 0.15) is 5.56 Å². The van der Waals surface area contributed by atoms with Gasteiger partial charge in [-0.05, 0) is 12.1 Å². The summed E-state index contributed by atoms with van der Waals surface area (Å²) >= 11 is 0. The van der Waals surface area contributed by atoms with Gasteiger partial charge < -0.3 is 5.73 Å². The van der Waals surface area contributed by atoms with Gasteiger partial charge in [0, 0.05) is 30.0 Å². The summed E-state index contributed by atoms with van der Waals surface area (Å²) in [6.45, 7) is 4.28. The Hall–Kier alpha value is -2.46. The molecular weight excluding hydrogens is 253 g/mol. The first kappa shape index (κ1) is 12.6. The largest absolute Gasteiger partial charge is 0.354 e. The van der Waals surface area contributed by atoms with Gasteiger partial charge in [0.2, 0.25) is 11.6 Å². The highest BCUT2D eigenvalue weighted by Gasteiger charge is 2.43. The smallest absolute Gasteiger partial charge is 0.210 e. The van der Waals surface area contributed by atoms with Gasteiger partial charge in [0.25, 0.3) is 0 Å². The molecule has 3 nitrogen and oxygen atoms in total. The molecule has 0 radical (unpaired) electrons. The molecule has 0 spiro atoms. The number of hydrogen-bond acceptors (Lipinski definition) is 2. The van der Waals surface area contributed by atoms with E-state index in [1.807, 2.05) is 30.3 Å². The predicted octanol–water partition coefficient (Wildman–Crippen LogP) is 3.32. The van der Waals surface area contributed by atoms with E-state index >= 15 is 0 Å². The minimum absolute atomic E-state index is 0.133. The summed E-state index contributed by atoms with van der Waals surface area (Å²) in [6, 6.07) is 9.49. The molecular formula is C16H15FN3+. The monoisotopic (exact) mass is 268 g/mol. The van der Waals surface area contributed by atoms with Gasteiger partial charge in [0.15, 0.2) is 11.4 Å². The molecule has 0 saturated carbocycles. The van der Waals surface area contributed by atoms with Crippen molar-refractivity contribution in [3.05, 3.63) is 72.6 Å². The maximum absolute atomic E-state index is 14.3. The highest BCUT2D eigenvalue weighted by atomic mass is 19.1. The number of benzene rings is 1. The number of halogens is 1. The molecule has 1 aliphatic heterocycles. The highest BCUT2D eigenvalue weighted by molar-refractivity contribution is 5.81. The van der Waals surface area contributed by atoms with Crippen molar-refractivity contribution >= 4 is 17.5 Å². The fourth-order valence-electron chi connectivity index (χ4n) is 2.81. The Morgan fingerprint density at radius 2 is 2.05 bits per heavy atom. The van der Waals surface area contributed by atoms with Crippen LogP contribution in [0.15, 0.2) is 61.2 Å². The molecule has 2 heterocycles. The maximum atomic E-state index is 14.3. The number of fused-ring (bicyclic) bond motifs is 1. The Kier molecular flexibility index (Phi) is 2.88. The Morgan fingerprint density at radius 3 is 2.80 bits per heavy atom. The Bertz CT molecular complexity index is 708. The third-order valence-electron chi connectivity index (χ3n) is 3.66. The number of para-hydroxylation sites is 1. The topological polar surface area (TPSA) is 38.9 Å². The molecule has 4 heteroatoms. The molecule has 2 N–H and O–H groups in total. The summed E-state index contributed by atoms with van der Waals surface area (Å²) in [5.74, 6) is 0.207. The summed E-state index contributed by atoms with van der Waals surface area (Å²) in [6.07, 6.45) is 6.43. The van der Waals surface area contributed by atoms with Crippen LogP contribution >= 0.6 is 0 Å². The average molecular weight is 268 g/mol. The summed E-state index contributed by atoms with van der Waals surface area (Å²) < 4.78 is 14.4. The predicted molar refractivity (Wildman–Crippen MR) is 79.3 cm³/mol. The van der Waals surface area contributed by atoms with Gasteiger partial charge in [0.1, 0.15) is 6.54 Å². The van der Waals surface area contributed by atoms with Gasteiger partial charge in [-0.3, -0.25) is 4.98 Å². The molecule has 0 fully saturated rings. The molecule has 0 amide bonds. The lowest BCUT2D eigenvalue weighted by molar-refractivity contribution is 0.484. The summed E-state index contributed by atoms with van der Waals surface area (Å²) in [5.41, 5.74) is 8.69. The minimum Gasteiger partial charge on any atom is -0.354 e. The lowest BCUT2D eigenvalue weighted by Crippen LogP contribution is -2.45. The standard InChI is InChI=1S/C16H15FN3/c1-2-9-20(15-7-8-19-11-13(15)17)14-6-4-3-5-12(14)10-16(20)18/h2-8,10-11H,1,9,18H2/q+1. The Balaban J connectivity index is 2.33. The molecule has 3 rings (SSSR count). The van der Waals surface area contributed by atoms with E-state index in [4.69, 9.17) is 5.73 Å². The van der Waals surface area contributed by atoms with Crippen LogP contribution in [0.4, 0.5) is 15.8 Å². The van der Waals surface area contributed by atoms with Crippen LogP contribution in [0.3, 0.4) is 0 Å². The second-order valence-electron chi connectivity index (χ2n) is 4.74. The molecule has 0 aliphatic carbocycles. The molecule has 0 bridgehead atoms. The summed E-state index contributed by atoms with van der Waals surface area (Å²) in [7, 11) is 0. The molecule has 1 aromatic heterocycles. The van der Waals surface area contributed by atoms with Gasteiger partial charge in [-0.25, -0.2) is 4.48 Å². The molecule has 20 heavy (non-hydrogen) atoms. The van der Waals surface area contributed by atoms with Crippen molar-refractivity contribution in [2.24, 2.45) is 5.73 Å². The number of hydrogen-bond donors (Lipinski definition) is 1. The van der Waals surface area contributed by atoms with Gasteiger partial charge in [-0.1, -0.05) is 18.7 Å². The number of pyridine rings is 1. The van der Waals surface area contributed by atoms with E-state index in [0.717, 1.165) is 11.3 Å². The zero-order valence-corrected chi connectivity index (χ0v) is 11.0. The van der Waals surface area contributed by atoms with Gasteiger partial charge in [-0.2, -0.15) is 4.39 Å². The fourth-order valence-corrected chi connectivity index (χ4v) is 2.81.